The number of benzene rings is 1. The molecule has 0 atom stereocenters. The summed E-state index contributed by atoms with van der Waals surface area (Å²) in [5, 5.41) is 11.1. The van der Waals surface area contributed by atoms with E-state index in [2.05, 4.69) is 11.4 Å². The van der Waals surface area contributed by atoms with Crippen LogP contribution in [0.5, 0.6) is 5.75 Å². The van der Waals surface area contributed by atoms with Gasteiger partial charge < -0.3 is 15.2 Å². The summed E-state index contributed by atoms with van der Waals surface area (Å²) < 4.78 is 37.5. The van der Waals surface area contributed by atoms with Gasteiger partial charge in [-0.15, -0.1) is 0 Å². The number of aliphatic carboxylic acids is 1. The number of hydrogen-bond acceptors (Lipinski definition) is 3. The zero-order valence-corrected chi connectivity index (χ0v) is 12.2. The molecular weight excluding hydrogens is 323 g/mol. The minimum absolute atomic E-state index is 0.303. The van der Waals surface area contributed by atoms with Crippen LogP contribution in [0.25, 0.3) is 0 Å². The first kappa shape index (κ1) is 16.9. The topological polar surface area (TPSA) is 58.6 Å². The van der Waals surface area contributed by atoms with Crippen LogP contribution in [-0.4, -0.2) is 36.4 Å². The maximum absolute atomic E-state index is 10.6. The molecule has 0 amide bonds. The number of nitrogens with one attached hydrogen (secondary N) is 1. The Labute approximate surface area is 130 Å². The first-order chi connectivity index (χ1) is 10.3. The molecule has 1 saturated carbocycles. The van der Waals surface area contributed by atoms with Crippen molar-refractivity contribution in [1.82, 2.24) is 5.32 Å². The van der Waals surface area contributed by atoms with Gasteiger partial charge in [0.15, 0.2) is 0 Å². The molecule has 1 aromatic rings. The molecule has 4 nitrogen and oxygen atoms in total. The van der Waals surface area contributed by atoms with Gasteiger partial charge in [-0.3, -0.25) is 0 Å². The second-order valence-corrected chi connectivity index (χ2v) is 5.51. The Morgan fingerprint density at radius 3 is 2.32 bits per heavy atom. The first-order valence-corrected chi connectivity index (χ1v) is 7.12. The zero-order chi connectivity index (χ0) is 16.3. The van der Waals surface area contributed by atoms with Crippen LogP contribution in [-0.2, 0) is 4.79 Å². The molecule has 0 spiro atoms. The van der Waals surface area contributed by atoms with E-state index in [1.54, 1.807) is 0 Å². The fourth-order valence-electron chi connectivity index (χ4n) is 1.85. The maximum Gasteiger partial charge on any atom is 0.490 e. The number of carboxylic acid groups (broad SMARTS) is 1. The number of carboxylic acids is 1. The fourth-order valence-corrected chi connectivity index (χ4v) is 2.18. The van der Waals surface area contributed by atoms with Gasteiger partial charge in [0.05, 0.1) is 5.02 Å². The van der Waals surface area contributed by atoms with E-state index < -0.39 is 12.1 Å². The molecule has 0 radical (unpaired) electrons. The van der Waals surface area contributed by atoms with Crippen LogP contribution in [0.4, 0.5) is 13.2 Å². The molecule has 1 saturated heterocycles. The largest absolute Gasteiger partial charge is 0.490 e. The molecule has 8 heteroatoms. The summed E-state index contributed by atoms with van der Waals surface area (Å²) >= 11 is 6.32. The quantitative estimate of drug-likeness (QED) is 0.889. The second-order valence-electron chi connectivity index (χ2n) is 5.13. The number of halogens is 4. The number of rotatable bonds is 3. The molecule has 2 aliphatic rings. The van der Waals surface area contributed by atoms with Crippen molar-refractivity contribution in [3.05, 3.63) is 28.8 Å². The molecule has 0 unspecified atom stereocenters. The van der Waals surface area contributed by atoms with Crippen LogP contribution in [0.2, 0.25) is 5.02 Å². The van der Waals surface area contributed by atoms with E-state index in [-0.39, 0.29) is 0 Å². The van der Waals surface area contributed by atoms with Gasteiger partial charge in [0.2, 0.25) is 0 Å². The fraction of sp³-hybridized carbons (Fsp3) is 0.500. The molecule has 3 rings (SSSR count). The predicted octanol–water partition coefficient (Wildman–Crippen LogP) is 3.20. The van der Waals surface area contributed by atoms with Gasteiger partial charge in [-0.05, 0) is 30.4 Å². The third-order valence-corrected chi connectivity index (χ3v) is 3.69. The maximum atomic E-state index is 10.6. The summed E-state index contributed by atoms with van der Waals surface area (Å²) in [5.41, 5.74) is 1.27. The number of carbonyl (C=O) groups is 1. The highest BCUT2D eigenvalue weighted by Crippen LogP contribution is 2.45. The Hall–Kier alpha value is -1.47. The van der Waals surface area contributed by atoms with Crippen LogP contribution in [0.3, 0.4) is 0 Å². The van der Waals surface area contributed by atoms with E-state index in [4.69, 9.17) is 26.2 Å². The van der Waals surface area contributed by atoms with Crippen LogP contribution in [0, 0.1) is 0 Å². The second kappa shape index (κ2) is 6.75. The van der Waals surface area contributed by atoms with Crippen molar-refractivity contribution < 1.29 is 27.8 Å². The highest BCUT2D eigenvalue weighted by molar-refractivity contribution is 6.32. The first-order valence-electron chi connectivity index (χ1n) is 6.75. The van der Waals surface area contributed by atoms with Crippen LogP contribution < -0.4 is 10.1 Å². The Kier molecular flexibility index (Phi) is 5.18. The summed E-state index contributed by atoms with van der Waals surface area (Å²) in [7, 11) is 0. The molecule has 1 aliphatic heterocycles. The van der Waals surface area contributed by atoms with Gasteiger partial charge in [0.1, 0.15) is 11.9 Å². The summed E-state index contributed by atoms with van der Waals surface area (Å²) in [4.78, 5) is 8.90. The highest BCUT2D eigenvalue weighted by Gasteiger charge is 2.38. The van der Waals surface area contributed by atoms with Crippen molar-refractivity contribution in [2.24, 2.45) is 0 Å². The SMILES string of the molecule is Clc1c(OC2CNC2)cccc1C1CC1.O=C(O)C(F)(F)F. The highest BCUT2D eigenvalue weighted by atomic mass is 35.5. The van der Waals surface area contributed by atoms with Crippen LogP contribution >= 0.6 is 11.6 Å². The van der Waals surface area contributed by atoms with Gasteiger partial charge in [0.25, 0.3) is 0 Å². The molecule has 22 heavy (non-hydrogen) atoms. The van der Waals surface area contributed by atoms with E-state index in [1.165, 1.54) is 18.4 Å². The van der Waals surface area contributed by atoms with Crippen molar-refractivity contribution in [3.8, 4) is 5.75 Å². The average Bonchev–Trinajstić information content (AvgIpc) is 3.19. The summed E-state index contributed by atoms with van der Waals surface area (Å²) in [6.45, 7) is 1.87. The van der Waals surface area contributed by atoms with Crippen molar-refractivity contribution in [2.45, 2.75) is 31.0 Å². The monoisotopic (exact) mass is 337 g/mol. The molecule has 2 N–H and O–H groups in total. The zero-order valence-electron chi connectivity index (χ0n) is 11.5. The van der Waals surface area contributed by atoms with E-state index in [1.807, 2.05) is 12.1 Å². The van der Waals surface area contributed by atoms with E-state index in [0.717, 1.165) is 23.9 Å². The van der Waals surface area contributed by atoms with Gasteiger partial charge in [-0.1, -0.05) is 23.7 Å². The molecule has 0 aromatic heterocycles. The number of alkyl halides is 3. The smallest absolute Gasteiger partial charge is 0.486 e. The molecule has 2 fully saturated rings. The van der Waals surface area contributed by atoms with E-state index in [0.29, 0.717) is 12.0 Å². The van der Waals surface area contributed by atoms with Gasteiger partial charge in [0, 0.05) is 13.1 Å². The van der Waals surface area contributed by atoms with E-state index in [9.17, 15) is 13.2 Å². The van der Waals surface area contributed by atoms with Crippen LogP contribution in [0.1, 0.15) is 24.3 Å². The third-order valence-electron chi connectivity index (χ3n) is 3.29. The van der Waals surface area contributed by atoms with Crippen LogP contribution in [0.15, 0.2) is 18.2 Å². The normalized spacial score (nSPS) is 18.0. The number of ether oxygens (including phenoxy) is 1. The molecule has 0 bridgehead atoms. The van der Waals surface area contributed by atoms with Crippen molar-refractivity contribution in [1.29, 1.82) is 0 Å². The summed E-state index contributed by atoms with van der Waals surface area (Å²) in [5.74, 6) is -1.22. The Balaban J connectivity index is 0.000000217. The minimum Gasteiger partial charge on any atom is -0.486 e. The third kappa shape index (κ3) is 4.51. The summed E-state index contributed by atoms with van der Waals surface area (Å²) in [6, 6.07) is 6.12. The molecule has 1 heterocycles. The molecule has 1 aliphatic carbocycles. The Bertz CT molecular complexity index is 543. The minimum atomic E-state index is -5.08. The summed E-state index contributed by atoms with van der Waals surface area (Å²) in [6.07, 6.45) is -2.24. The molecule has 1 aromatic carbocycles. The standard InChI is InChI=1S/C12H14ClNO.C2HF3O2/c13-12-10(8-4-5-8)2-1-3-11(12)15-9-6-14-7-9;3-2(4,5)1(6)7/h1-3,8-9,14H,4-7H2;(H,6,7). The lowest BCUT2D eigenvalue weighted by atomic mass is 10.1. The van der Waals surface area contributed by atoms with Crippen molar-refractivity contribution >= 4 is 17.6 Å². The lowest BCUT2D eigenvalue weighted by molar-refractivity contribution is -0.192. The van der Waals surface area contributed by atoms with E-state index >= 15 is 0 Å². The Morgan fingerprint density at radius 1 is 1.32 bits per heavy atom. The van der Waals surface area contributed by atoms with Gasteiger partial charge >= 0.3 is 12.1 Å². The van der Waals surface area contributed by atoms with Crippen molar-refractivity contribution in [2.75, 3.05) is 13.1 Å². The average molecular weight is 338 g/mol. The van der Waals surface area contributed by atoms with Crippen molar-refractivity contribution in [3.63, 3.8) is 0 Å². The molecule has 122 valence electrons. The number of hydrogen-bond donors (Lipinski definition) is 2. The lowest BCUT2D eigenvalue weighted by Crippen LogP contribution is -2.50. The van der Waals surface area contributed by atoms with Gasteiger partial charge in [-0.25, -0.2) is 4.79 Å². The predicted molar refractivity (Wildman–Crippen MR) is 74.4 cm³/mol. The molecular formula is C14H15ClF3NO3. The Morgan fingerprint density at radius 2 is 1.91 bits per heavy atom. The lowest BCUT2D eigenvalue weighted by Gasteiger charge is -2.28. The van der Waals surface area contributed by atoms with Gasteiger partial charge in [-0.2, -0.15) is 13.2 Å².